The van der Waals surface area contributed by atoms with E-state index >= 15 is 0 Å². The van der Waals surface area contributed by atoms with E-state index in [9.17, 15) is 4.79 Å². The van der Waals surface area contributed by atoms with Crippen LogP contribution in [0, 0.1) is 28.6 Å². The van der Waals surface area contributed by atoms with Crippen LogP contribution in [0.1, 0.15) is 58.8 Å². The molecule has 0 radical (unpaired) electrons. The second-order valence-electron chi connectivity index (χ2n) is 10.7. The normalized spacial score (nSPS) is 43.2. The van der Waals surface area contributed by atoms with Crippen molar-refractivity contribution in [2.24, 2.45) is 39.5 Å². The van der Waals surface area contributed by atoms with Crippen LogP contribution in [0.3, 0.4) is 0 Å². The molecule has 6 nitrogen and oxygen atoms in total. The number of piperidine rings is 1. The Hall–Kier alpha value is -1.40. The number of fused-ring (bicyclic) bond motifs is 5. The average molecular weight is 415 g/mol. The molecule has 2 saturated carbocycles. The number of hydrogen-bond donors (Lipinski definition) is 1. The van der Waals surface area contributed by atoms with E-state index in [1.54, 1.807) is 0 Å². The number of carbonyl (C=O) groups excluding carboxylic acids is 1. The number of hydrogen-bond acceptors (Lipinski definition) is 5. The molecule has 0 spiro atoms. The summed E-state index contributed by atoms with van der Waals surface area (Å²) in [5.74, 6) is 8.16. The number of carbonyl (C=O) groups is 1. The Balaban J connectivity index is 1.38. The summed E-state index contributed by atoms with van der Waals surface area (Å²) in [6.07, 6.45) is 9.97. The number of amides is 1. The Morgan fingerprint density at radius 3 is 2.63 bits per heavy atom. The Bertz CT molecular complexity index is 758. The van der Waals surface area contributed by atoms with Crippen molar-refractivity contribution in [2.45, 2.75) is 58.8 Å². The molecule has 4 fully saturated rings. The topological polar surface area (TPSA) is 71.2 Å². The smallest absolute Gasteiger partial charge is 0.226 e. The van der Waals surface area contributed by atoms with Crippen LogP contribution in [-0.2, 0) is 9.53 Å². The van der Waals surface area contributed by atoms with Gasteiger partial charge in [0.05, 0.1) is 13.2 Å². The highest BCUT2D eigenvalue weighted by molar-refractivity contribution is 5.92. The van der Waals surface area contributed by atoms with E-state index < -0.39 is 0 Å². The zero-order chi connectivity index (χ0) is 20.9. The molecule has 30 heavy (non-hydrogen) atoms. The largest absolute Gasteiger partial charge is 0.379 e. The minimum Gasteiger partial charge on any atom is -0.379 e. The number of nitrogens with zero attached hydrogens (tertiary/aromatic N) is 3. The van der Waals surface area contributed by atoms with Crippen LogP contribution in [0.2, 0.25) is 0 Å². The summed E-state index contributed by atoms with van der Waals surface area (Å²) in [6.45, 7) is 10.2. The lowest BCUT2D eigenvalue weighted by molar-refractivity contribution is -0.137. The van der Waals surface area contributed by atoms with Crippen molar-refractivity contribution in [3.63, 3.8) is 0 Å². The van der Waals surface area contributed by atoms with Crippen LogP contribution in [0.5, 0.6) is 0 Å². The van der Waals surface area contributed by atoms with E-state index in [-0.39, 0.29) is 10.8 Å². The molecule has 6 heteroatoms. The lowest BCUT2D eigenvalue weighted by Crippen LogP contribution is -2.55. The van der Waals surface area contributed by atoms with Crippen LogP contribution < -0.4 is 5.84 Å². The zero-order valence-electron chi connectivity index (χ0n) is 18.7. The van der Waals surface area contributed by atoms with Crippen molar-refractivity contribution in [3.8, 4) is 0 Å². The SMILES string of the molecule is C[C@]12CCC(=O)N(CCN3CCOCC3)C1=CC[C@@H]1[C@@H]2CC[C@]2(C)/C(=N\N)CC[C@@H]12. The van der Waals surface area contributed by atoms with Crippen molar-refractivity contribution >= 4 is 11.6 Å². The molecule has 5 rings (SSSR count). The highest BCUT2D eigenvalue weighted by atomic mass is 16.5. The summed E-state index contributed by atoms with van der Waals surface area (Å²) < 4.78 is 5.48. The first kappa shape index (κ1) is 20.5. The first-order chi connectivity index (χ1) is 14.5. The number of allylic oxidation sites excluding steroid dienone is 2. The van der Waals surface area contributed by atoms with Crippen LogP contribution >= 0.6 is 0 Å². The molecule has 0 aromatic heterocycles. The van der Waals surface area contributed by atoms with Crippen molar-refractivity contribution in [1.29, 1.82) is 0 Å². The average Bonchev–Trinajstić information content (AvgIpc) is 3.10. The predicted molar refractivity (Wildman–Crippen MR) is 118 cm³/mol. The van der Waals surface area contributed by atoms with Gasteiger partial charge in [-0.1, -0.05) is 19.9 Å². The molecule has 1 amide bonds. The lowest BCUT2D eigenvalue weighted by Gasteiger charge is -2.58. The molecular formula is C24H38N4O2. The number of ether oxygens (including phenoxy) is 1. The maximum Gasteiger partial charge on any atom is 0.226 e. The molecule has 3 aliphatic carbocycles. The van der Waals surface area contributed by atoms with E-state index in [0.29, 0.717) is 30.1 Å². The first-order valence-electron chi connectivity index (χ1n) is 12.1. The third-order valence-electron chi connectivity index (χ3n) is 9.51. The fourth-order valence-electron chi connectivity index (χ4n) is 7.76. The van der Waals surface area contributed by atoms with Gasteiger partial charge >= 0.3 is 0 Å². The summed E-state index contributed by atoms with van der Waals surface area (Å²) in [6, 6.07) is 0. The molecule has 166 valence electrons. The van der Waals surface area contributed by atoms with E-state index in [1.165, 1.54) is 30.7 Å². The fraction of sp³-hybridized carbons (Fsp3) is 0.833. The van der Waals surface area contributed by atoms with Crippen molar-refractivity contribution in [2.75, 3.05) is 39.4 Å². The molecule has 2 heterocycles. The minimum atomic E-state index is 0.131. The molecule has 0 aromatic carbocycles. The highest BCUT2D eigenvalue weighted by Crippen LogP contribution is 2.63. The molecule has 0 unspecified atom stereocenters. The van der Waals surface area contributed by atoms with Gasteiger partial charge in [0.1, 0.15) is 0 Å². The monoisotopic (exact) mass is 414 g/mol. The van der Waals surface area contributed by atoms with Gasteiger partial charge in [-0.05, 0) is 56.3 Å². The highest BCUT2D eigenvalue weighted by Gasteiger charge is 2.58. The van der Waals surface area contributed by atoms with Gasteiger partial charge in [0.15, 0.2) is 0 Å². The minimum absolute atomic E-state index is 0.131. The lowest BCUT2D eigenvalue weighted by atomic mass is 9.49. The molecule has 2 N–H and O–H groups in total. The van der Waals surface area contributed by atoms with Crippen LogP contribution in [0.4, 0.5) is 0 Å². The maximum absolute atomic E-state index is 13.0. The molecule has 5 atom stereocenters. The predicted octanol–water partition coefficient (Wildman–Crippen LogP) is 2.99. The van der Waals surface area contributed by atoms with E-state index in [4.69, 9.17) is 10.6 Å². The quantitative estimate of drug-likeness (QED) is 0.569. The van der Waals surface area contributed by atoms with Gasteiger partial charge in [0.25, 0.3) is 0 Å². The number of nitrogens with two attached hydrogens (primary N) is 1. The Kier molecular flexibility index (Phi) is 5.21. The fourth-order valence-corrected chi connectivity index (χ4v) is 7.76. The van der Waals surface area contributed by atoms with Gasteiger partial charge in [-0.2, -0.15) is 5.10 Å². The van der Waals surface area contributed by atoms with Gasteiger partial charge in [-0.15, -0.1) is 0 Å². The van der Waals surface area contributed by atoms with E-state index in [2.05, 4.69) is 34.8 Å². The Labute approximate surface area is 180 Å². The van der Waals surface area contributed by atoms with Crippen LogP contribution in [0.15, 0.2) is 16.9 Å². The standard InChI is InChI=1S/C24H38N4O2/c1-23-9-7-19-17(18(23)4-5-20(23)26-25)3-6-21-24(19,2)10-8-22(29)28(21)12-11-27-13-15-30-16-14-27/h6,17-19H,3-5,7-16,25H2,1-2H3/b26-20-/t17-,18-,19-,23-,24+/m0/s1. The number of morpholine rings is 1. The molecule has 0 aromatic rings. The summed E-state index contributed by atoms with van der Waals surface area (Å²) in [5.41, 5.74) is 2.91. The zero-order valence-corrected chi connectivity index (χ0v) is 18.7. The number of hydrazone groups is 1. The van der Waals surface area contributed by atoms with Crippen molar-refractivity contribution in [1.82, 2.24) is 9.80 Å². The molecule has 2 saturated heterocycles. The summed E-state index contributed by atoms with van der Waals surface area (Å²) >= 11 is 0. The second-order valence-corrected chi connectivity index (χ2v) is 10.7. The van der Waals surface area contributed by atoms with Crippen molar-refractivity contribution in [3.05, 3.63) is 11.8 Å². The van der Waals surface area contributed by atoms with Crippen LogP contribution in [0.25, 0.3) is 0 Å². The first-order valence-corrected chi connectivity index (χ1v) is 12.1. The summed E-state index contributed by atoms with van der Waals surface area (Å²) in [5, 5.41) is 4.21. The molecular weight excluding hydrogens is 376 g/mol. The van der Waals surface area contributed by atoms with Crippen LogP contribution in [-0.4, -0.2) is 60.8 Å². The van der Waals surface area contributed by atoms with Gasteiger partial charge in [-0.25, -0.2) is 0 Å². The second kappa shape index (κ2) is 7.63. The number of rotatable bonds is 3. The van der Waals surface area contributed by atoms with Crippen molar-refractivity contribution < 1.29 is 9.53 Å². The number of likely N-dealkylation sites (tertiary alicyclic amines) is 1. The Morgan fingerprint density at radius 2 is 1.87 bits per heavy atom. The van der Waals surface area contributed by atoms with Gasteiger partial charge in [0.2, 0.25) is 5.91 Å². The van der Waals surface area contributed by atoms with E-state index in [0.717, 1.165) is 58.7 Å². The summed E-state index contributed by atoms with van der Waals surface area (Å²) in [4.78, 5) is 17.5. The van der Waals surface area contributed by atoms with Gasteiger partial charge in [-0.3, -0.25) is 9.69 Å². The maximum atomic E-state index is 13.0. The third kappa shape index (κ3) is 3.05. The van der Waals surface area contributed by atoms with Gasteiger partial charge < -0.3 is 15.5 Å². The molecule has 2 aliphatic heterocycles. The third-order valence-corrected chi connectivity index (χ3v) is 9.51. The Morgan fingerprint density at radius 1 is 1.10 bits per heavy atom. The summed E-state index contributed by atoms with van der Waals surface area (Å²) in [7, 11) is 0. The van der Waals surface area contributed by atoms with Gasteiger partial charge in [0, 0.05) is 54.8 Å². The molecule has 0 bridgehead atoms. The molecule has 5 aliphatic rings. The van der Waals surface area contributed by atoms with E-state index in [1.807, 2.05) is 0 Å².